The molecule has 2 aromatic rings. The molecular formula is C14H14N4OS. The lowest BCUT2D eigenvalue weighted by molar-refractivity contribution is -0.119. The minimum atomic E-state index is -0.896. The Hall–Kier alpha value is -2.13. The maximum atomic E-state index is 12.2. The molecule has 0 bridgehead atoms. The van der Waals surface area contributed by atoms with Gasteiger partial charge in [-0.15, -0.1) is 11.3 Å². The molecule has 0 saturated carbocycles. The minimum Gasteiger partial charge on any atom is -0.298 e. The van der Waals surface area contributed by atoms with Crippen molar-refractivity contribution in [2.24, 2.45) is 0 Å². The van der Waals surface area contributed by atoms with Gasteiger partial charge in [0.25, 0.3) is 0 Å². The van der Waals surface area contributed by atoms with Gasteiger partial charge in [-0.1, -0.05) is 0 Å². The number of ketones is 1. The molecule has 102 valence electrons. The Bertz CT molecular complexity index is 625. The predicted molar refractivity (Wildman–Crippen MR) is 75.3 cm³/mol. The van der Waals surface area contributed by atoms with Crippen LogP contribution in [0.4, 0.5) is 0 Å². The van der Waals surface area contributed by atoms with Crippen LogP contribution >= 0.6 is 11.3 Å². The first-order chi connectivity index (χ1) is 9.60. The summed E-state index contributed by atoms with van der Waals surface area (Å²) in [7, 11) is 0. The first-order valence-electron chi connectivity index (χ1n) is 6.21. The Balaban J connectivity index is 2.11. The zero-order chi connectivity index (χ0) is 14.5. The van der Waals surface area contributed by atoms with Crippen molar-refractivity contribution < 1.29 is 4.79 Å². The Labute approximate surface area is 121 Å². The molecule has 0 aliphatic carbocycles. The van der Waals surface area contributed by atoms with E-state index in [4.69, 9.17) is 0 Å². The normalized spacial score (nSPS) is 11.8. The summed E-state index contributed by atoms with van der Waals surface area (Å²) in [4.78, 5) is 24.7. The summed E-state index contributed by atoms with van der Waals surface area (Å²) < 4.78 is 0. The maximum Gasteiger partial charge on any atom is 0.164 e. The molecule has 0 amide bonds. The van der Waals surface area contributed by atoms with Crippen LogP contribution < -0.4 is 0 Å². The van der Waals surface area contributed by atoms with Crippen molar-refractivity contribution in [1.82, 2.24) is 15.0 Å². The van der Waals surface area contributed by atoms with Crippen molar-refractivity contribution in [1.29, 1.82) is 5.26 Å². The zero-order valence-electron chi connectivity index (χ0n) is 11.3. The average molecular weight is 286 g/mol. The van der Waals surface area contributed by atoms with Crippen molar-refractivity contribution in [2.75, 3.05) is 0 Å². The molecule has 0 fully saturated rings. The number of nitriles is 1. The number of hydrogen-bond donors (Lipinski definition) is 0. The summed E-state index contributed by atoms with van der Waals surface area (Å²) in [6.07, 6.45) is 0.823. The van der Waals surface area contributed by atoms with Crippen LogP contribution in [-0.2, 0) is 11.2 Å². The Morgan fingerprint density at radius 3 is 2.65 bits per heavy atom. The van der Waals surface area contributed by atoms with Crippen LogP contribution in [0.25, 0.3) is 0 Å². The largest absolute Gasteiger partial charge is 0.298 e. The van der Waals surface area contributed by atoms with Gasteiger partial charge < -0.3 is 0 Å². The molecule has 0 N–H and O–H groups in total. The highest BCUT2D eigenvalue weighted by molar-refractivity contribution is 7.07. The van der Waals surface area contributed by atoms with E-state index < -0.39 is 5.92 Å². The first kappa shape index (κ1) is 14.3. The number of nitrogens with zero attached hydrogens (tertiary/aromatic N) is 4. The fraction of sp³-hybridized carbons (Fsp3) is 0.357. The molecule has 0 aliphatic heterocycles. The van der Waals surface area contributed by atoms with Gasteiger partial charge in [0, 0.05) is 23.2 Å². The third-order valence-electron chi connectivity index (χ3n) is 2.82. The number of aryl methyl sites for hydroxylation is 3. The molecule has 1 atom stereocenters. The second-order valence-corrected chi connectivity index (χ2v) is 5.24. The first-order valence-corrected chi connectivity index (χ1v) is 7.16. The van der Waals surface area contributed by atoms with Crippen LogP contribution in [0.2, 0.25) is 0 Å². The number of carbonyl (C=O) groups excluding carboxylic acids is 1. The second kappa shape index (κ2) is 6.35. The van der Waals surface area contributed by atoms with Crippen LogP contribution in [0.1, 0.15) is 35.2 Å². The molecule has 2 heterocycles. The van der Waals surface area contributed by atoms with Gasteiger partial charge in [-0.2, -0.15) is 5.26 Å². The van der Waals surface area contributed by atoms with E-state index in [1.807, 2.05) is 31.4 Å². The molecular weight excluding hydrogens is 272 g/mol. The van der Waals surface area contributed by atoms with Gasteiger partial charge >= 0.3 is 0 Å². The monoisotopic (exact) mass is 286 g/mol. The van der Waals surface area contributed by atoms with Gasteiger partial charge in [0.15, 0.2) is 17.5 Å². The number of Topliss-reactive ketones (excluding diaryl/α,β-unsaturated/α-hetero) is 1. The van der Waals surface area contributed by atoms with Crippen molar-refractivity contribution in [3.8, 4) is 6.07 Å². The molecule has 0 unspecified atom stereocenters. The summed E-state index contributed by atoms with van der Waals surface area (Å²) in [5.41, 5.74) is 4.13. The van der Waals surface area contributed by atoms with Crippen LogP contribution in [0.3, 0.4) is 0 Å². The SMILES string of the molecule is Cc1cc(C)nc([C@H](C#N)C(=O)CCc2cscn2)n1. The van der Waals surface area contributed by atoms with E-state index in [2.05, 4.69) is 15.0 Å². The quantitative estimate of drug-likeness (QED) is 0.843. The van der Waals surface area contributed by atoms with Gasteiger partial charge in [0.05, 0.1) is 17.3 Å². The van der Waals surface area contributed by atoms with Crippen LogP contribution in [0.15, 0.2) is 17.0 Å². The van der Waals surface area contributed by atoms with Crippen molar-refractivity contribution in [3.05, 3.63) is 39.9 Å². The van der Waals surface area contributed by atoms with E-state index in [9.17, 15) is 10.1 Å². The van der Waals surface area contributed by atoms with Gasteiger partial charge in [-0.3, -0.25) is 4.79 Å². The third-order valence-corrected chi connectivity index (χ3v) is 3.46. The zero-order valence-corrected chi connectivity index (χ0v) is 12.1. The Morgan fingerprint density at radius 1 is 1.40 bits per heavy atom. The highest BCUT2D eigenvalue weighted by Crippen LogP contribution is 2.16. The lowest BCUT2D eigenvalue weighted by atomic mass is 10.00. The molecule has 0 spiro atoms. The van der Waals surface area contributed by atoms with Gasteiger partial charge in [0.1, 0.15) is 0 Å². The van der Waals surface area contributed by atoms with Crippen molar-refractivity contribution in [3.63, 3.8) is 0 Å². The van der Waals surface area contributed by atoms with Gasteiger partial charge in [-0.05, 0) is 26.3 Å². The highest BCUT2D eigenvalue weighted by atomic mass is 32.1. The maximum absolute atomic E-state index is 12.2. The fourth-order valence-electron chi connectivity index (χ4n) is 1.91. The topological polar surface area (TPSA) is 79.5 Å². The molecule has 2 aromatic heterocycles. The smallest absolute Gasteiger partial charge is 0.164 e. The minimum absolute atomic E-state index is 0.162. The molecule has 5 nitrogen and oxygen atoms in total. The second-order valence-electron chi connectivity index (χ2n) is 4.52. The lowest BCUT2D eigenvalue weighted by Gasteiger charge is -2.08. The van der Waals surface area contributed by atoms with Crippen LogP contribution in [0.5, 0.6) is 0 Å². The fourth-order valence-corrected chi connectivity index (χ4v) is 2.51. The molecule has 0 radical (unpaired) electrons. The molecule has 20 heavy (non-hydrogen) atoms. The van der Waals surface area contributed by atoms with E-state index in [1.165, 1.54) is 11.3 Å². The van der Waals surface area contributed by atoms with Gasteiger partial charge in [-0.25, -0.2) is 15.0 Å². The summed E-state index contributed by atoms with van der Waals surface area (Å²) in [5, 5.41) is 11.1. The standard InChI is InChI=1S/C14H14N4OS/c1-9-5-10(2)18-14(17-9)12(6-15)13(19)4-3-11-7-20-8-16-11/h5,7-8,12H,3-4H2,1-2H3/t12-/m1/s1. The number of carbonyl (C=O) groups is 1. The number of hydrogen-bond acceptors (Lipinski definition) is 6. The number of thiazole rings is 1. The Kier molecular flexibility index (Phi) is 4.53. The third kappa shape index (κ3) is 3.45. The van der Waals surface area contributed by atoms with E-state index in [0.717, 1.165) is 17.1 Å². The van der Waals surface area contributed by atoms with Gasteiger partial charge in [0.2, 0.25) is 0 Å². The van der Waals surface area contributed by atoms with E-state index in [0.29, 0.717) is 12.2 Å². The molecule has 0 saturated heterocycles. The summed E-state index contributed by atoms with van der Waals surface area (Å²) in [6.45, 7) is 3.65. The summed E-state index contributed by atoms with van der Waals surface area (Å²) in [5.74, 6) is -0.758. The number of rotatable bonds is 5. The summed E-state index contributed by atoms with van der Waals surface area (Å²) in [6, 6.07) is 3.83. The van der Waals surface area contributed by atoms with Crippen molar-refractivity contribution in [2.45, 2.75) is 32.6 Å². The predicted octanol–water partition coefficient (Wildman–Crippen LogP) is 2.36. The highest BCUT2D eigenvalue weighted by Gasteiger charge is 2.23. The molecule has 0 aromatic carbocycles. The summed E-state index contributed by atoms with van der Waals surface area (Å²) >= 11 is 1.49. The van der Waals surface area contributed by atoms with Crippen LogP contribution in [0, 0.1) is 25.2 Å². The molecule has 6 heteroatoms. The van der Waals surface area contributed by atoms with E-state index in [1.54, 1.807) is 5.51 Å². The Morgan fingerprint density at radius 2 is 2.10 bits per heavy atom. The van der Waals surface area contributed by atoms with E-state index in [-0.39, 0.29) is 12.2 Å². The average Bonchev–Trinajstić information content (AvgIpc) is 2.89. The molecule has 0 aliphatic rings. The number of aromatic nitrogens is 3. The van der Waals surface area contributed by atoms with Crippen LogP contribution in [-0.4, -0.2) is 20.7 Å². The molecule has 2 rings (SSSR count). The van der Waals surface area contributed by atoms with E-state index >= 15 is 0 Å². The van der Waals surface area contributed by atoms with Crippen molar-refractivity contribution >= 4 is 17.1 Å². The lowest BCUT2D eigenvalue weighted by Crippen LogP contribution is -2.15.